The van der Waals surface area contributed by atoms with E-state index in [2.05, 4.69) is 22.0 Å². The molecule has 10 heavy (non-hydrogen) atoms. The number of rotatable bonds is 0. The molecule has 0 N–H and O–H groups in total. The van der Waals surface area contributed by atoms with Crippen LogP contribution in [0.5, 0.6) is 0 Å². The second kappa shape index (κ2) is 2.56. The highest BCUT2D eigenvalue weighted by Gasteiger charge is 2.14. The van der Waals surface area contributed by atoms with Crippen LogP contribution < -0.4 is 0 Å². The zero-order chi connectivity index (χ0) is 7.56. The number of hydrogen-bond donors (Lipinski definition) is 0. The third-order valence-electron chi connectivity index (χ3n) is 0.757. The molecule has 0 spiro atoms. The summed E-state index contributed by atoms with van der Waals surface area (Å²) in [5.74, 6) is 0. The predicted octanol–water partition coefficient (Wildman–Crippen LogP) is 1.43. The highest BCUT2D eigenvalue weighted by atomic mass is 15.3. The Morgan fingerprint density at radius 3 is 1.80 bits per heavy atom. The summed E-state index contributed by atoms with van der Waals surface area (Å²) in [6.07, 6.45) is 0. The fourth-order valence-electron chi connectivity index (χ4n) is 0.372. The number of hydrogen-bond acceptors (Lipinski definition) is 3. The smallest absolute Gasteiger partial charge is 0.117 e. The van der Waals surface area contributed by atoms with Crippen molar-refractivity contribution in [2.45, 2.75) is 13.8 Å². The van der Waals surface area contributed by atoms with Crippen molar-refractivity contribution in [1.82, 2.24) is 15.4 Å². The van der Waals surface area contributed by atoms with Crippen molar-refractivity contribution in [2.75, 3.05) is 0 Å². The minimum atomic E-state index is 0.954. The molecule has 1 aliphatic heterocycles. The molecule has 1 aliphatic carbocycles. The Hall–Kier alpha value is -1.25. The predicted molar refractivity (Wildman–Crippen MR) is 39.3 cm³/mol. The van der Waals surface area contributed by atoms with Crippen LogP contribution in [0.1, 0.15) is 13.8 Å². The Kier molecular flexibility index (Phi) is 1.76. The second-order valence-electron chi connectivity index (χ2n) is 2.41. The van der Waals surface area contributed by atoms with E-state index in [-0.39, 0.29) is 0 Å². The molecule has 0 unspecified atom stereocenters. The lowest BCUT2D eigenvalue weighted by Crippen LogP contribution is -1.64. The first-order chi connectivity index (χ1) is 4.70. The molecular weight excluding hydrogens is 126 g/mol. The van der Waals surface area contributed by atoms with Crippen molar-refractivity contribution in [1.29, 1.82) is 0 Å². The molecule has 52 valence electrons. The fourth-order valence-corrected chi connectivity index (χ4v) is 0.372. The van der Waals surface area contributed by atoms with Crippen LogP contribution in [0.25, 0.3) is 11.4 Å². The van der Waals surface area contributed by atoms with Gasteiger partial charge in [-0.2, -0.15) is 0 Å². The number of aromatic nitrogens is 3. The van der Waals surface area contributed by atoms with Gasteiger partial charge in [-0.1, -0.05) is 5.57 Å². The Bertz CT molecular complexity index is 234. The standard InChI is InChI=1S/C4H8.C3HN3/c1-4(2)3;1-2-3(1)5-6-4-2/h1H2,2-3H3;1H. The van der Waals surface area contributed by atoms with E-state index < -0.39 is 0 Å². The first-order valence-electron chi connectivity index (χ1n) is 3.03. The molecule has 2 aliphatic rings. The summed E-state index contributed by atoms with van der Waals surface area (Å²) < 4.78 is 0. The Morgan fingerprint density at radius 2 is 1.70 bits per heavy atom. The molecule has 1 heterocycles. The summed E-state index contributed by atoms with van der Waals surface area (Å²) in [5, 5.41) is 10.5. The molecule has 3 heteroatoms. The van der Waals surface area contributed by atoms with Crippen molar-refractivity contribution in [3.63, 3.8) is 0 Å². The van der Waals surface area contributed by atoms with Crippen molar-refractivity contribution in [2.24, 2.45) is 0 Å². The van der Waals surface area contributed by atoms with E-state index in [4.69, 9.17) is 0 Å². The molecule has 0 aromatic heterocycles. The molecule has 0 bridgehead atoms. The third-order valence-corrected chi connectivity index (χ3v) is 0.757. The molecule has 0 radical (unpaired) electrons. The first kappa shape index (κ1) is 6.86. The summed E-state index contributed by atoms with van der Waals surface area (Å²) in [6.45, 7) is 7.50. The molecule has 0 aromatic carbocycles. The maximum Gasteiger partial charge on any atom is 0.117 e. The molecule has 3 nitrogen and oxygen atoms in total. The van der Waals surface area contributed by atoms with Gasteiger partial charge in [0.2, 0.25) is 0 Å². The third kappa shape index (κ3) is 1.93. The van der Waals surface area contributed by atoms with Crippen molar-refractivity contribution in [3.05, 3.63) is 18.2 Å². The van der Waals surface area contributed by atoms with Gasteiger partial charge in [-0.15, -0.1) is 16.8 Å². The maximum atomic E-state index is 3.59. The van der Waals surface area contributed by atoms with Crippen LogP contribution in [0.15, 0.2) is 18.2 Å². The molecular formula is C7H9N3. The summed E-state index contributed by atoms with van der Waals surface area (Å²) in [7, 11) is 0. The molecule has 0 atom stereocenters. The van der Waals surface area contributed by atoms with E-state index in [9.17, 15) is 0 Å². The number of nitrogens with zero attached hydrogens (tertiary/aromatic N) is 3. The number of fused-ring (bicyclic) bond motifs is 1. The van der Waals surface area contributed by atoms with Crippen LogP contribution in [0, 0.1) is 0 Å². The van der Waals surface area contributed by atoms with Gasteiger partial charge in [0.15, 0.2) is 0 Å². The van der Waals surface area contributed by atoms with Crippen LogP contribution in [0.4, 0.5) is 0 Å². The summed E-state index contributed by atoms with van der Waals surface area (Å²) in [6, 6.07) is 1.88. The molecule has 0 saturated heterocycles. The van der Waals surface area contributed by atoms with Crippen LogP contribution in [-0.4, -0.2) is 15.4 Å². The monoisotopic (exact) mass is 135 g/mol. The van der Waals surface area contributed by atoms with Gasteiger partial charge in [0.25, 0.3) is 0 Å². The van der Waals surface area contributed by atoms with Crippen LogP contribution >= 0.6 is 0 Å². The lowest BCUT2D eigenvalue weighted by molar-refractivity contribution is 0.946. The molecule has 0 fully saturated rings. The van der Waals surface area contributed by atoms with E-state index in [0.717, 1.165) is 11.4 Å². The average molecular weight is 135 g/mol. The highest BCUT2D eigenvalue weighted by Crippen LogP contribution is 2.24. The quantitative estimate of drug-likeness (QED) is 0.513. The Balaban J connectivity index is 0.000000112. The fraction of sp³-hybridized carbons (Fsp3) is 0.286. The second-order valence-corrected chi connectivity index (χ2v) is 2.41. The first-order valence-corrected chi connectivity index (χ1v) is 3.03. The van der Waals surface area contributed by atoms with E-state index >= 15 is 0 Å². The van der Waals surface area contributed by atoms with Gasteiger partial charge >= 0.3 is 0 Å². The highest BCUT2D eigenvalue weighted by molar-refractivity contribution is 5.69. The van der Waals surface area contributed by atoms with Gasteiger partial charge in [0.1, 0.15) is 11.4 Å². The van der Waals surface area contributed by atoms with Crippen LogP contribution in [-0.2, 0) is 0 Å². The molecule has 0 saturated carbocycles. The number of allylic oxidation sites excluding steroid dienone is 1. The van der Waals surface area contributed by atoms with Gasteiger partial charge in [-0.3, -0.25) is 0 Å². The summed E-state index contributed by atoms with van der Waals surface area (Å²) >= 11 is 0. The zero-order valence-corrected chi connectivity index (χ0v) is 6.13. The zero-order valence-electron chi connectivity index (χ0n) is 6.13. The maximum absolute atomic E-state index is 3.59. The molecule has 0 aromatic rings. The van der Waals surface area contributed by atoms with Crippen molar-refractivity contribution in [3.8, 4) is 11.4 Å². The lowest BCUT2D eigenvalue weighted by atomic mass is 10.4. The van der Waals surface area contributed by atoms with E-state index in [1.165, 1.54) is 5.57 Å². The van der Waals surface area contributed by atoms with Gasteiger partial charge in [0.05, 0.1) is 0 Å². The minimum absolute atomic E-state index is 0.954. The Labute approximate surface area is 59.8 Å². The van der Waals surface area contributed by atoms with E-state index in [1.807, 2.05) is 19.9 Å². The van der Waals surface area contributed by atoms with Gasteiger partial charge in [-0.05, 0) is 25.1 Å². The minimum Gasteiger partial charge on any atom is -0.128 e. The summed E-state index contributed by atoms with van der Waals surface area (Å²) in [5.41, 5.74) is 3.07. The normalized spacial score (nSPS) is 9.40. The van der Waals surface area contributed by atoms with E-state index in [1.54, 1.807) is 0 Å². The van der Waals surface area contributed by atoms with Gasteiger partial charge in [0, 0.05) is 0 Å². The van der Waals surface area contributed by atoms with Crippen molar-refractivity contribution >= 4 is 0 Å². The van der Waals surface area contributed by atoms with Gasteiger partial charge in [-0.25, -0.2) is 0 Å². The van der Waals surface area contributed by atoms with Crippen LogP contribution in [0.3, 0.4) is 0 Å². The van der Waals surface area contributed by atoms with Gasteiger partial charge < -0.3 is 0 Å². The molecule has 2 rings (SSSR count). The SMILES string of the molecule is C=C(C)C.c1c2nnnc1-2. The molecule has 0 amide bonds. The largest absolute Gasteiger partial charge is 0.128 e. The lowest BCUT2D eigenvalue weighted by Gasteiger charge is -1.65. The van der Waals surface area contributed by atoms with Crippen LogP contribution in [0.2, 0.25) is 0 Å². The average Bonchev–Trinajstić information content (AvgIpc) is 2.40. The van der Waals surface area contributed by atoms with Crippen molar-refractivity contribution < 1.29 is 0 Å². The topological polar surface area (TPSA) is 38.7 Å². The summed E-state index contributed by atoms with van der Waals surface area (Å²) in [4.78, 5) is 0. The Morgan fingerprint density at radius 1 is 1.30 bits per heavy atom. The van der Waals surface area contributed by atoms with E-state index in [0.29, 0.717) is 0 Å².